The lowest BCUT2D eigenvalue weighted by Crippen LogP contribution is -2.60. The molecule has 2 atom stereocenters. The maximum atomic E-state index is 11.6. The highest BCUT2D eigenvalue weighted by atomic mass is 16.5. The van der Waals surface area contributed by atoms with Gasteiger partial charge < -0.3 is 14.8 Å². The highest BCUT2D eigenvalue weighted by Gasteiger charge is 2.34. The molecule has 7 nitrogen and oxygen atoms in total. The summed E-state index contributed by atoms with van der Waals surface area (Å²) < 4.78 is 11.3. The van der Waals surface area contributed by atoms with E-state index in [1.165, 1.54) is 12.0 Å². The first-order valence-electron chi connectivity index (χ1n) is 11.7. The minimum absolute atomic E-state index is 0.252. The molecule has 2 fully saturated rings. The van der Waals surface area contributed by atoms with Crippen molar-refractivity contribution in [3.63, 3.8) is 0 Å². The molecule has 2 saturated heterocycles. The number of ether oxygens (including phenoxy) is 2. The monoisotopic (exact) mass is 428 g/mol. The molecule has 0 aliphatic carbocycles. The minimum atomic E-state index is -0.311. The number of rotatable bonds is 11. The molecule has 1 aromatic carbocycles. The van der Waals surface area contributed by atoms with Crippen LogP contribution < -0.4 is 5.32 Å². The molecular formula is C24H36N4O3. The Labute approximate surface area is 186 Å². The second-order valence-corrected chi connectivity index (χ2v) is 8.58. The summed E-state index contributed by atoms with van der Waals surface area (Å²) in [6, 6.07) is 10.1. The van der Waals surface area contributed by atoms with Crippen molar-refractivity contribution in [1.82, 2.24) is 15.1 Å². The average Bonchev–Trinajstić information content (AvgIpc) is 2.77. The van der Waals surface area contributed by atoms with Gasteiger partial charge in [0.25, 0.3) is 0 Å². The lowest BCUT2D eigenvalue weighted by molar-refractivity contribution is -0.138. The van der Waals surface area contributed by atoms with Crippen molar-refractivity contribution in [3.05, 3.63) is 35.4 Å². The van der Waals surface area contributed by atoms with Gasteiger partial charge in [0.05, 0.1) is 30.4 Å². The van der Waals surface area contributed by atoms with Gasteiger partial charge in [0.1, 0.15) is 0 Å². The van der Waals surface area contributed by atoms with Crippen molar-refractivity contribution in [2.45, 2.75) is 51.2 Å². The number of fused-ring (bicyclic) bond motifs is 2. The van der Waals surface area contributed by atoms with E-state index in [1.54, 1.807) is 0 Å². The van der Waals surface area contributed by atoms with Crippen LogP contribution in [-0.4, -0.2) is 80.5 Å². The Balaban J connectivity index is 1.28. The normalized spacial score (nSPS) is 21.4. The van der Waals surface area contributed by atoms with Gasteiger partial charge in [-0.2, -0.15) is 5.26 Å². The molecule has 0 saturated carbocycles. The predicted octanol–water partition coefficient (Wildman–Crippen LogP) is 2.79. The third kappa shape index (κ3) is 8.13. The fraction of sp³-hybridized carbons (Fsp3) is 0.667. The standard InChI is InChI=1S/C24H36N4O3/c1-2-3-14-30-24(29)26-11-13-28-18-22-16-27(17-23(19-28)31-22)12-5-4-6-20-7-9-21(15-25)10-8-20/h7-10,22-23H,2-6,11-14,16-19H2,1H3,(H,26,29). The van der Waals surface area contributed by atoms with Gasteiger partial charge >= 0.3 is 6.09 Å². The van der Waals surface area contributed by atoms with Gasteiger partial charge in [-0.25, -0.2) is 4.79 Å². The summed E-state index contributed by atoms with van der Waals surface area (Å²) in [5.41, 5.74) is 2.02. The third-order valence-electron chi connectivity index (χ3n) is 5.93. The van der Waals surface area contributed by atoms with Gasteiger partial charge in [-0.05, 0) is 49.9 Å². The van der Waals surface area contributed by atoms with Crippen molar-refractivity contribution in [2.24, 2.45) is 0 Å². The summed E-state index contributed by atoms with van der Waals surface area (Å²) in [5.74, 6) is 0. The summed E-state index contributed by atoms with van der Waals surface area (Å²) in [4.78, 5) is 16.6. The summed E-state index contributed by atoms with van der Waals surface area (Å²) >= 11 is 0. The summed E-state index contributed by atoms with van der Waals surface area (Å²) in [7, 11) is 0. The van der Waals surface area contributed by atoms with E-state index < -0.39 is 0 Å². The van der Waals surface area contributed by atoms with Gasteiger partial charge in [-0.1, -0.05) is 25.5 Å². The molecule has 1 aromatic rings. The molecule has 2 heterocycles. The van der Waals surface area contributed by atoms with Crippen LogP contribution in [0.15, 0.2) is 24.3 Å². The van der Waals surface area contributed by atoms with Crippen molar-refractivity contribution >= 4 is 6.09 Å². The van der Waals surface area contributed by atoms with Crippen LogP contribution in [0.3, 0.4) is 0 Å². The molecule has 2 bridgehead atoms. The van der Waals surface area contributed by atoms with E-state index in [4.69, 9.17) is 14.7 Å². The van der Waals surface area contributed by atoms with E-state index in [0.29, 0.717) is 13.2 Å². The van der Waals surface area contributed by atoms with Crippen LogP contribution in [0.2, 0.25) is 0 Å². The lowest BCUT2D eigenvalue weighted by Gasteiger charge is -2.46. The Kier molecular flexibility index (Phi) is 9.60. The molecule has 0 aromatic heterocycles. The van der Waals surface area contributed by atoms with Gasteiger partial charge in [0.2, 0.25) is 0 Å². The predicted molar refractivity (Wildman–Crippen MR) is 120 cm³/mol. The average molecular weight is 429 g/mol. The maximum absolute atomic E-state index is 11.6. The number of nitriles is 1. The molecule has 0 radical (unpaired) electrons. The molecule has 1 amide bonds. The number of hydrogen-bond donors (Lipinski definition) is 1. The SMILES string of the molecule is CCCCOC(=O)NCCN1CC2CN(CCCCc3ccc(C#N)cc3)CC(C1)O2. The zero-order valence-corrected chi connectivity index (χ0v) is 18.7. The van der Waals surface area contributed by atoms with Crippen molar-refractivity contribution in [2.75, 3.05) is 52.4 Å². The first-order chi connectivity index (χ1) is 15.2. The molecule has 3 rings (SSSR count). The van der Waals surface area contributed by atoms with Crippen LogP contribution in [0.1, 0.15) is 43.7 Å². The number of carbonyl (C=O) groups is 1. The van der Waals surface area contributed by atoms with Crippen molar-refractivity contribution in [3.8, 4) is 6.07 Å². The molecule has 7 heteroatoms. The highest BCUT2D eigenvalue weighted by Crippen LogP contribution is 2.19. The Hall–Kier alpha value is -2.14. The molecule has 170 valence electrons. The molecule has 2 unspecified atom stereocenters. The minimum Gasteiger partial charge on any atom is -0.450 e. The van der Waals surface area contributed by atoms with Crippen LogP contribution in [-0.2, 0) is 15.9 Å². The fourth-order valence-electron chi connectivity index (χ4n) is 4.31. The van der Waals surface area contributed by atoms with E-state index in [9.17, 15) is 4.79 Å². The van der Waals surface area contributed by atoms with E-state index in [2.05, 4.69) is 40.2 Å². The Bertz CT molecular complexity index is 705. The van der Waals surface area contributed by atoms with E-state index in [1.807, 2.05) is 12.1 Å². The summed E-state index contributed by atoms with van der Waals surface area (Å²) in [6.07, 6.45) is 5.52. The van der Waals surface area contributed by atoms with Crippen molar-refractivity contribution < 1.29 is 14.3 Å². The Morgan fingerprint density at radius 1 is 1.10 bits per heavy atom. The van der Waals surface area contributed by atoms with Crippen LogP contribution in [0.25, 0.3) is 0 Å². The molecule has 0 spiro atoms. The number of alkyl carbamates (subject to hydrolysis) is 1. The van der Waals surface area contributed by atoms with Gasteiger partial charge in [0, 0.05) is 39.3 Å². The lowest BCUT2D eigenvalue weighted by atomic mass is 10.1. The quantitative estimate of drug-likeness (QED) is 0.546. The van der Waals surface area contributed by atoms with Crippen LogP contribution in [0, 0.1) is 11.3 Å². The number of carbonyl (C=O) groups excluding carboxylic acids is 1. The zero-order valence-electron chi connectivity index (χ0n) is 18.7. The van der Waals surface area contributed by atoms with Crippen LogP contribution in [0.4, 0.5) is 4.79 Å². The third-order valence-corrected chi connectivity index (χ3v) is 5.93. The molecule has 2 aliphatic rings. The number of benzene rings is 1. The number of nitrogens with zero attached hydrogens (tertiary/aromatic N) is 3. The van der Waals surface area contributed by atoms with E-state index in [-0.39, 0.29) is 18.3 Å². The van der Waals surface area contributed by atoms with Gasteiger partial charge in [-0.15, -0.1) is 0 Å². The molecule has 2 aliphatic heterocycles. The second-order valence-electron chi connectivity index (χ2n) is 8.58. The second kappa shape index (κ2) is 12.7. The zero-order chi connectivity index (χ0) is 21.9. The number of nitrogens with one attached hydrogen (secondary N) is 1. The molecular weight excluding hydrogens is 392 g/mol. The Morgan fingerprint density at radius 3 is 2.42 bits per heavy atom. The summed E-state index contributed by atoms with van der Waals surface area (Å²) in [6.45, 7) is 8.94. The number of amides is 1. The molecule has 1 N–H and O–H groups in total. The fourth-order valence-corrected chi connectivity index (χ4v) is 4.31. The first kappa shape index (κ1) is 23.5. The molecule has 31 heavy (non-hydrogen) atoms. The van der Waals surface area contributed by atoms with E-state index in [0.717, 1.165) is 70.5 Å². The maximum Gasteiger partial charge on any atom is 0.407 e. The smallest absolute Gasteiger partial charge is 0.407 e. The number of morpholine rings is 2. The van der Waals surface area contributed by atoms with Gasteiger partial charge in [0.15, 0.2) is 0 Å². The van der Waals surface area contributed by atoms with E-state index >= 15 is 0 Å². The van der Waals surface area contributed by atoms with Gasteiger partial charge in [-0.3, -0.25) is 9.80 Å². The Morgan fingerprint density at radius 2 is 1.77 bits per heavy atom. The topological polar surface area (TPSA) is 77.8 Å². The largest absolute Gasteiger partial charge is 0.450 e. The number of aryl methyl sites for hydroxylation is 1. The highest BCUT2D eigenvalue weighted by molar-refractivity contribution is 5.67. The first-order valence-corrected chi connectivity index (χ1v) is 11.7. The van der Waals surface area contributed by atoms with Crippen LogP contribution in [0.5, 0.6) is 0 Å². The summed E-state index contributed by atoms with van der Waals surface area (Å²) in [5, 5.41) is 11.7. The number of unbranched alkanes of at least 4 members (excludes halogenated alkanes) is 2. The number of hydrogen-bond acceptors (Lipinski definition) is 6. The van der Waals surface area contributed by atoms with Crippen molar-refractivity contribution in [1.29, 1.82) is 5.26 Å². The van der Waals surface area contributed by atoms with Crippen LogP contribution >= 0.6 is 0 Å².